The molecular formula is C22H25FN4O. The van der Waals surface area contributed by atoms with Crippen molar-refractivity contribution in [2.24, 2.45) is 0 Å². The van der Waals surface area contributed by atoms with Gasteiger partial charge in [-0.3, -0.25) is 4.98 Å². The van der Waals surface area contributed by atoms with E-state index in [1.54, 1.807) is 12.1 Å². The van der Waals surface area contributed by atoms with Crippen molar-refractivity contribution in [3.8, 4) is 11.4 Å². The molecule has 2 aromatic heterocycles. The van der Waals surface area contributed by atoms with E-state index < -0.39 is 0 Å². The van der Waals surface area contributed by atoms with Crippen LogP contribution < -0.4 is 0 Å². The molecule has 0 aliphatic carbocycles. The van der Waals surface area contributed by atoms with Crippen LogP contribution in [0.5, 0.6) is 0 Å². The first-order chi connectivity index (χ1) is 13.6. The van der Waals surface area contributed by atoms with E-state index in [9.17, 15) is 4.39 Å². The molecule has 1 aliphatic heterocycles. The average Bonchev–Trinajstić information content (AvgIpc) is 3.11. The lowest BCUT2D eigenvalue weighted by atomic mass is 9.92. The van der Waals surface area contributed by atoms with Crippen molar-refractivity contribution < 1.29 is 9.13 Å². The van der Waals surface area contributed by atoms with Crippen LogP contribution in [0, 0.1) is 5.82 Å². The van der Waals surface area contributed by atoms with Crippen LogP contribution in [0.4, 0.5) is 4.39 Å². The van der Waals surface area contributed by atoms with Crippen LogP contribution in [-0.2, 0) is 17.7 Å². The molecule has 3 aromatic rings. The van der Waals surface area contributed by atoms with Crippen molar-refractivity contribution in [3.05, 3.63) is 66.0 Å². The third-order valence-electron chi connectivity index (χ3n) is 5.17. The number of hydrogen-bond acceptors (Lipinski definition) is 4. The van der Waals surface area contributed by atoms with Crippen molar-refractivity contribution in [2.45, 2.75) is 57.8 Å². The van der Waals surface area contributed by atoms with Gasteiger partial charge in [0.2, 0.25) is 0 Å². The fraction of sp³-hybridized carbons (Fsp3) is 0.409. The number of nitrogens with zero attached hydrogens (tertiary/aromatic N) is 4. The van der Waals surface area contributed by atoms with Gasteiger partial charge in [-0.1, -0.05) is 6.07 Å². The van der Waals surface area contributed by atoms with Gasteiger partial charge in [-0.15, -0.1) is 0 Å². The predicted octanol–water partition coefficient (Wildman–Crippen LogP) is 4.39. The smallest absolute Gasteiger partial charge is 0.181 e. The van der Waals surface area contributed by atoms with E-state index in [1.807, 2.05) is 29.1 Å². The number of aryl methyl sites for hydroxylation is 2. The highest BCUT2D eigenvalue weighted by Gasteiger charge is 2.30. The van der Waals surface area contributed by atoms with Gasteiger partial charge >= 0.3 is 0 Å². The third kappa shape index (κ3) is 4.28. The van der Waals surface area contributed by atoms with Gasteiger partial charge in [0, 0.05) is 36.3 Å². The summed E-state index contributed by atoms with van der Waals surface area (Å²) in [6.45, 7) is 4.93. The summed E-state index contributed by atoms with van der Waals surface area (Å²) in [6, 6.07) is 12.3. The van der Waals surface area contributed by atoms with Gasteiger partial charge in [-0.25, -0.2) is 14.1 Å². The van der Waals surface area contributed by atoms with Crippen molar-refractivity contribution in [3.63, 3.8) is 0 Å². The summed E-state index contributed by atoms with van der Waals surface area (Å²) in [5, 5.41) is 4.76. The largest absolute Gasteiger partial charge is 0.376 e. The molecule has 1 fully saturated rings. The molecule has 6 heteroatoms. The molecule has 4 rings (SSSR count). The monoisotopic (exact) mass is 380 g/mol. The van der Waals surface area contributed by atoms with Crippen LogP contribution in [0.2, 0.25) is 0 Å². The fourth-order valence-corrected chi connectivity index (χ4v) is 3.92. The molecule has 28 heavy (non-hydrogen) atoms. The number of hydrogen-bond donors (Lipinski definition) is 0. The minimum Gasteiger partial charge on any atom is -0.376 e. The second kappa shape index (κ2) is 8.19. The zero-order valence-corrected chi connectivity index (χ0v) is 16.3. The molecule has 1 saturated heterocycles. The summed E-state index contributed by atoms with van der Waals surface area (Å²) in [5.41, 5.74) is 1.85. The van der Waals surface area contributed by atoms with Gasteiger partial charge in [-0.2, -0.15) is 5.10 Å². The number of rotatable bonds is 5. The van der Waals surface area contributed by atoms with E-state index in [-0.39, 0.29) is 18.0 Å². The second-order valence-corrected chi connectivity index (χ2v) is 7.52. The molecule has 5 nitrogen and oxygen atoms in total. The molecule has 146 valence electrons. The number of ether oxygens (including phenoxy) is 1. The van der Waals surface area contributed by atoms with Crippen molar-refractivity contribution in [1.82, 2.24) is 19.7 Å². The molecule has 0 N–H and O–H groups in total. The van der Waals surface area contributed by atoms with Crippen LogP contribution in [0.25, 0.3) is 11.4 Å². The molecule has 0 radical (unpaired) electrons. The van der Waals surface area contributed by atoms with Gasteiger partial charge in [0.1, 0.15) is 11.6 Å². The molecular weight excluding hydrogens is 355 g/mol. The number of aromatic nitrogens is 4. The zero-order chi connectivity index (χ0) is 19.5. The normalized spacial score (nSPS) is 22.3. The highest BCUT2D eigenvalue weighted by Crippen LogP contribution is 2.33. The minimum absolute atomic E-state index is 0.198. The van der Waals surface area contributed by atoms with Crippen molar-refractivity contribution in [1.29, 1.82) is 0 Å². The van der Waals surface area contributed by atoms with E-state index >= 15 is 0 Å². The third-order valence-corrected chi connectivity index (χ3v) is 5.17. The highest BCUT2D eigenvalue weighted by molar-refractivity contribution is 5.54. The lowest BCUT2D eigenvalue weighted by Crippen LogP contribution is -2.29. The lowest BCUT2D eigenvalue weighted by molar-refractivity contribution is -0.0396. The van der Waals surface area contributed by atoms with Gasteiger partial charge < -0.3 is 4.74 Å². The number of benzene rings is 1. The fourth-order valence-electron chi connectivity index (χ4n) is 3.92. The molecule has 1 aromatic carbocycles. The van der Waals surface area contributed by atoms with Gasteiger partial charge in [0.15, 0.2) is 5.82 Å². The molecule has 0 spiro atoms. The Morgan fingerprint density at radius 1 is 1.07 bits per heavy atom. The van der Waals surface area contributed by atoms with E-state index in [1.165, 1.54) is 12.1 Å². The lowest BCUT2D eigenvalue weighted by Gasteiger charge is -2.31. The number of halogens is 1. The molecule has 0 saturated carbocycles. The molecule has 3 atom stereocenters. The van der Waals surface area contributed by atoms with Crippen molar-refractivity contribution in [2.75, 3.05) is 0 Å². The summed E-state index contributed by atoms with van der Waals surface area (Å²) in [4.78, 5) is 9.28. The summed E-state index contributed by atoms with van der Waals surface area (Å²) < 4.78 is 21.2. The Morgan fingerprint density at radius 3 is 2.50 bits per heavy atom. The van der Waals surface area contributed by atoms with E-state index in [0.717, 1.165) is 36.3 Å². The number of pyridine rings is 1. The van der Waals surface area contributed by atoms with Gasteiger partial charge in [0.05, 0.1) is 12.2 Å². The van der Waals surface area contributed by atoms with Crippen LogP contribution in [0.3, 0.4) is 0 Å². The Hall–Kier alpha value is -2.60. The van der Waals surface area contributed by atoms with Gasteiger partial charge in [-0.05, 0) is 63.1 Å². The van der Waals surface area contributed by atoms with Gasteiger partial charge in [0.25, 0.3) is 0 Å². The Morgan fingerprint density at radius 2 is 1.82 bits per heavy atom. The summed E-state index contributed by atoms with van der Waals surface area (Å²) >= 11 is 0. The van der Waals surface area contributed by atoms with E-state index in [2.05, 4.69) is 18.8 Å². The maximum Gasteiger partial charge on any atom is 0.181 e. The first-order valence-corrected chi connectivity index (χ1v) is 9.84. The molecule has 1 unspecified atom stereocenters. The first kappa shape index (κ1) is 18.7. The second-order valence-electron chi connectivity index (χ2n) is 7.52. The molecule has 1 aliphatic rings. The van der Waals surface area contributed by atoms with Crippen molar-refractivity contribution >= 4 is 0 Å². The Bertz CT molecular complexity index is 900. The van der Waals surface area contributed by atoms with Crippen LogP contribution >= 0.6 is 0 Å². The standard InChI is InChI=1S/C22H25FN4O/c1-15-13-18(14-16(2)28-15)22-25-21(17-6-8-19(23)9-7-17)26-27(22)12-10-20-5-3-4-11-24-20/h3-9,11,15-16,18H,10,12-14H2,1-2H3/t15-,16+,18?. The van der Waals surface area contributed by atoms with Crippen LogP contribution in [0.1, 0.15) is 44.1 Å². The van der Waals surface area contributed by atoms with E-state index in [4.69, 9.17) is 14.8 Å². The summed E-state index contributed by atoms with van der Waals surface area (Å²) in [7, 11) is 0. The highest BCUT2D eigenvalue weighted by atomic mass is 19.1. The maximum absolute atomic E-state index is 13.3. The maximum atomic E-state index is 13.3. The van der Waals surface area contributed by atoms with Crippen LogP contribution in [-0.4, -0.2) is 32.0 Å². The minimum atomic E-state index is -0.259. The molecule has 0 bridgehead atoms. The van der Waals surface area contributed by atoms with Crippen LogP contribution in [0.15, 0.2) is 48.7 Å². The molecule has 0 amide bonds. The summed E-state index contributed by atoms with van der Waals surface area (Å²) in [5.74, 6) is 1.66. The summed E-state index contributed by atoms with van der Waals surface area (Å²) in [6.07, 6.45) is 4.84. The average molecular weight is 380 g/mol. The Labute approximate surface area is 164 Å². The first-order valence-electron chi connectivity index (χ1n) is 9.84. The topological polar surface area (TPSA) is 52.8 Å². The zero-order valence-electron chi connectivity index (χ0n) is 16.3. The quantitative estimate of drug-likeness (QED) is 0.659. The molecule has 3 heterocycles. The Kier molecular flexibility index (Phi) is 5.48. The van der Waals surface area contributed by atoms with E-state index in [0.29, 0.717) is 18.3 Å². The SMILES string of the molecule is C[C@@H]1CC(c2nc(-c3ccc(F)cc3)nn2CCc2ccccn2)C[C@H](C)O1. The predicted molar refractivity (Wildman–Crippen MR) is 105 cm³/mol. The Balaban J connectivity index is 1.64.